The Bertz CT molecular complexity index is 635. The fraction of sp³-hybridized carbons (Fsp3) is 0.550. The molecule has 0 aromatic heterocycles. The van der Waals surface area contributed by atoms with Crippen LogP contribution in [0.4, 0.5) is 4.79 Å². The second-order valence-electron chi connectivity index (χ2n) is 6.81. The third kappa shape index (κ3) is 6.92. The van der Waals surface area contributed by atoms with Gasteiger partial charge in [-0.2, -0.15) is 0 Å². The smallest absolute Gasteiger partial charge is 0.317 e. The molecule has 0 bridgehead atoms. The van der Waals surface area contributed by atoms with Crippen LogP contribution in [-0.4, -0.2) is 53.7 Å². The maximum Gasteiger partial charge on any atom is 0.317 e. The summed E-state index contributed by atoms with van der Waals surface area (Å²) < 4.78 is 5.07. The number of carbonyl (C=O) groups excluding carboxylic acids is 2. The van der Waals surface area contributed by atoms with E-state index in [2.05, 4.69) is 5.32 Å². The maximum absolute atomic E-state index is 12.7. The van der Waals surface area contributed by atoms with Gasteiger partial charge in [0.15, 0.2) is 0 Å². The van der Waals surface area contributed by atoms with E-state index in [9.17, 15) is 14.4 Å². The number of aliphatic carboxylic acids is 1. The highest BCUT2D eigenvalue weighted by atomic mass is 16.5. The lowest BCUT2D eigenvalue weighted by Crippen LogP contribution is -2.50. The van der Waals surface area contributed by atoms with E-state index >= 15 is 0 Å². The normalized spacial score (nSPS) is 17.8. The van der Waals surface area contributed by atoms with E-state index in [-0.39, 0.29) is 30.4 Å². The Kier molecular flexibility index (Phi) is 8.10. The number of hydrogen-bond acceptors (Lipinski definition) is 4. The zero-order valence-electron chi connectivity index (χ0n) is 15.7. The molecule has 7 heteroatoms. The zero-order valence-corrected chi connectivity index (χ0v) is 15.7. The quantitative estimate of drug-likeness (QED) is 0.680. The third-order valence-electron chi connectivity index (χ3n) is 4.69. The van der Waals surface area contributed by atoms with Crippen LogP contribution >= 0.6 is 0 Å². The highest BCUT2D eigenvalue weighted by Crippen LogP contribution is 2.18. The number of piperidine rings is 1. The van der Waals surface area contributed by atoms with Crippen molar-refractivity contribution in [3.63, 3.8) is 0 Å². The van der Waals surface area contributed by atoms with E-state index in [0.29, 0.717) is 32.5 Å². The molecule has 1 aliphatic rings. The SMILES string of the molecule is CCOC(=O)C1CCCN(C(=O)NC(CCC(=O)O)Cc2ccccc2)C1. The molecule has 0 spiro atoms. The summed E-state index contributed by atoms with van der Waals surface area (Å²) in [6.45, 7) is 3.01. The fourth-order valence-corrected chi connectivity index (χ4v) is 3.30. The average Bonchev–Trinajstić information content (AvgIpc) is 2.67. The van der Waals surface area contributed by atoms with Gasteiger partial charge in [0.1, 0.15) is 0 Å². The zero-order chi connectivity index (χ0) is 19.6. The lowest BCUT2D eigenvalue weighted by molar-refractivity contribution is -0.149. The highest BCUT2D eigenvalue weighted by molar-refractivity contribution is 5.77. The van der Waals surface area contributed by atoms with Gasteiger partial charge in [-0.15, -0.1) is 0 Å². The molecule has 1 heterocycles. The molecule has 0 radical (unpaired) electrons. The molecule has 7 nitrogen and oxygen atoms in total. The Morgan fingerprint density at radius 3 is 2.70 bits per heavy atom. The van der Waals surface area contributed by atoms with Crippen molar-refractivity contribution in [2.75, 3.05) is 19.7 Å². The summed E-state index contributed by atoms with van der Waals surface area (Å²) in [6, 6.07) is 9.13. The molecule has 2 unspecified atom stereocenters. The topological polar surface area (TPSA) is 95.9 Å². The summed E-state index contributed by atoms with van der Waals surface area (Å²) >= 11 is 0. The van der Waals surface area contributed by atoms with Crippen LogP contribution in [0.3, 0.4) is 0 Å². The number of carbonyl (C=O) groups is 3. The van der Waals surface area contributed by atoms with Crippen molar-refractivity contribution in [3.05, 3.63) is 35.9 Å². The van der Waals surface area contributed by atoms with E-state index in [1.54, 1.807) is 11.8 Å². The summed E-state index contributed by atoms with van der Waals surface area (Å²) in [4.78, 5) is 37.2. The highest BCUT2D eigenvalue weighted by Gasteiger charge is 2.30. The van der Waals surface area contributed by atoms with Crippen LogP contribution in [0, 0.1) is 5.92 Å². The number of carboxylic acids is 1. The average molecular weight is 376 g/mol. The molecule has 148 valence electrons. The molecule has 2 rings (SSSR count). The van der Waals surface area contributed by atoms with Gasteiger partial charge in [-0.3, -0.25) is 9.59 Å². The summed E-state index contributed by atoms with van der Waals surface area (Å²) in [5, 5.41) is 11.9. The first-order valence-electron chi connectivity index (χ1n) is 9.47. The standard InChI is InChI=1S/C20H28N2O5/c1-2-27-19(25)16-9-6-12-22(14-16)20(26)21-17(10-11-18(23)24)13-15-7-4-3-5-8-15/h3-5,7-8,16-17H,2,6,9-14H2,1H3,(H,21,26)(H,23,24). The van der Waals surface area contributed by atoms with E-state index in [1.807, 2.05) is 30.3 Å². The van der Waals surface area contributed by atoms with Gasteiger partial charge in [0.05, 0.1) is 12.5 Å². The predicted octanol–water partition coefficient (Wildman–Crippen LogP) is 2.45. The van der Waals surface area contributed by atoms with Crippen LogP contribution in [0.5, 0.6) is 0 Å². The van der Waals surface area contributed by atoms with E-state index < -0.39 is 5.97 Å². The van der Waals surface area contributed by atoms with Crippen LogP contribution in [0.2, 0.25) is 0 Å². The van der Waals surface area contributed by atoms with E-state index in [4.69, 9.17) is 9.84 Å². The minimum absolute atomic E-state index is 0.0107. The second-order valence-corrected chi connectivity index (χ2v) is 6.81. The van der Waals surface area contributed by atoms with Crippen molar-refractivity contribution in [1.29, 1.82) is 0 Å². The molecule has 2 atom stereocenters. The van der Waals surface area contributed by atoms with Gasteiger partial charge < -0.3 is 20.1 Å². The molecule has 1 fully saturated rings. The van der Waals surface area contributed by atoms with Crippen LogP contribution < -0.4 is 5.32 Å². The first-order chi connectivity index (χ1) is 13.0. The van der Waals surface area contributed by atoms with Crippen LogP contribution in [0.15, 0.2) is 30.3 Å². The van der Waals surface area contributed by atoms with E-state index in [1.165, 1.54) is 0 Å². The molecule has 0 saturated carbocycles. The first kappa shape index (κ1) is 20.7. The Labute approximate surface area is 159 Å². The third-order valence-corrected chi connectivity index (χ3v) is 4.69. The summed E-state index contributed by atoms with van der Waals surface area (Å²) in [7, 11) is 0. The van der Waals surface area contributed by atoms with Crippen LogP contribution in [0.1, 0.15) is 38.2 Å². The number of nitrogens with zero attached hydrogens (tertiary/aromatic N) is 1. The number of urea groups is 1. The van der Waals surface area contributed by atoms with E-state index in [0.717, 1.165) is 18.4 Å². The molecule has 2 amide bonds. The molecule has 1 aliphatic heterocycles. The number of carboxylic acid groups (broad SMARTS) is 1. The number of amides is 2. The Balaban J connectivity index is 1.96. The second kappa shape index (κ2) is 10.5. The molecular formula is C20H28N2O5. The molecule has 1 aromatic carbocycles. The fourth-order valence-electron chi connectivity index (χ4n) is 3.30. The molecular weight excluding hydrogens is 348 g/mol. The van der Waals surface area contributed by atoms with Crippen LogP contribution in [-0.2, 0) is 20.7 Å². The van der Waals surface area contributed by atoms with Crippen molar-refractivity contribution < 1.29 is 24.2 Å². The number of rotatable bonds is 8. The Morgan fingerprint density at radius 1 is 1.30 bits per heavy atom. The molecule has 0 aliphatic carbocycles. The number of nitrogens with one attached hydrogen (secondary N) is 1. The van der Waals surface area contributed by atoms with Gasteiger partial charge in [-0.05, 0) is 38.2 Å². The minimum atomic E-state index is -0.886. The predicted molar refractivity (Wildman–Crippen MR) is 100 cm³/mol. The lowest BCUT2D eigenvalue weighted by atomic mass is 9.98. The van der Waals surface area contributed by atoms with Gasteiger partial charge in [0, 0.05) is 25.6 Å². The molecule has 1 saturated heterocycles. The number of likely N-dealkylation sites (tertiary alicyclic amines) is 1. The van der Waals surface area contributed by atoms with Crippen molar-refractivity contribution >= 4 is 18.0 Å². The number of hydrogen-bond donors (Lipinski definition) is 2. The number of esters is 1. The van der Waals surface area contributed by atoms with Gasteiger partial charge in [-0.25, -0.2) is 4.79 Å². The Morgan fingerprint density at radius 2 is 2.04 bits per heavy atom. The van der Waals surface area contributed by atoms with Crippen molar-refractivity contribution in [1.82, 2.24) is 10.2 Å². The van der Waals surface area contributed by atoms with Crippen molar-refractivity contribution in [3.8, 4) is 0 Å². The summed E-state index contributed by atoms with van der Waals surface area (Å²) in [6.07, 6.45) is 2.37. The minimum Gasteiger partial charge on any atom is -0.481 e. The number of benzene rings is 1. The van der Waals surface area contributed by atoms with Gasteiger partial charge in [0.25, 0.3) is 0 Å². The van der Waals surface area contributed by atoms with Crippen LogP contribution in [0.25, 0.3) is 0 Å². The summed E-state index contributed by atoms with van der Waals surface area (Å²) in [5.41, 5.74) is 1.04. The van der Waals surface area contributed by atoms with Gasteiger partial charge >= 0.3 is 18.0 Å². The largest absolute Gasteiger partial charge is 0.481 e. The van der Waals surface area contributed by atoms with Gasteiger partial charge in [-0.1, -0.05) is 30.3 Å². The van der Waals surface area contributed by atoms with Gasteiger partial charge in [0.2, 0.25) is 0 Å². The van der Waals surface area contributed by atoms with Crippen molar-refractivity contribution in [2.45, 2.75) is 45.1 Å². The summed E-state index contributed by atoms with van der Waals surface area (Å²) in [5.74, 6) is -1.44. The molecule has 2 N–H and O–H groups in total. The maximum atomic E-state index is 12.7. The van der Waals surface area contributed by atoms with Crippen molar-refractivity contribution in [2.24, 2.45) is 5.92 Å². The monoisotopic (exact) mass is 376 g/mol. The lowest BCUT2D eigenvalue weighted by Gasteiger charge is -2.33. The molecule has 27 heavy (non-hydrogen) atoms. The first-order valence-corrected chi connectivity index (χ1v) is 9.47. The Hall–Kier alpha value is -2.57. The number of ether oxygens (including phenoxy) is 1. The molecule has 1 aromatic rings.